The molecule has 18 heteroatoms. The first kappa shape index (κ1) is 57.7. The van der Waals surface area contributed by atoms with E-state index in [1.165, 1.54) is 6.92 Å². The Morgan fingerprint density at radius 3 is 2.11 bits per heavy atom. The molecule has 6 aliphatic rings. The Morgan fingerprint density at radius 1 is 0.845 bits per heavy atom. The van der Waals surface area contributed by atoms with Gasteiger partial charge in [0.05, 0.1) is 50.7 Å². The monoisotopic (exact) mass is 1010 g/mol. The second-order valence-electron chi connectivity index (χ2n) is 23.2. The largest absolute Gasteiger partial charge is 0.465 e. The molecule has 0 aromatic heterocycles. The van der Waals surface area contributed by atoms with Gasteiger partial charge in [0.25, 0.3) is 5.91 Å². The summed E-state index contributed by atoms with van der Waals surface area (Å²) in [6.45, 7) is 20.4. The van der Waals surface area contributed by atoms with Crippen molar-refractivity contribution in [2.45, 2.75) is 175 Å². The number of fused-ring (bicyclic) bond motifs is 7. The molecule has 1 amide bonds. The topological polar surface area (TPSA) is 275 Å². The van der Waals surface area contributed by atoms with Gasteiger partial charge in [0, 0.05) is 43.1 Å². The molecule has 1 aliphatic heterocycles. The lowest BCUT2D eigenvalue weighted by molar-refractivity contribution is -0.326. The fourth-order valence-electron chi connectivity index (χ4n) is 14.4. The molecule has 1 saturated heterocycles. The second kappa shape index (κ2) is 23.1. The van der Waals surface area contributed by atoms with Crippen molar-refractivity contribution < 1.29 is 78.2 Å². The third kappa shape index (κ3) is 10.8. The number of carbonyl (C=O) groups excluding carboxylic acids is 3. The standard InChI is InChI=1S/C53H88N2O16/c1-10-31(2)46(64)71-44-43(62)53(30-68-32(3)57)34(27-48(44,4)5)33-13-14-36-49(6)17-16-38(50(7,29-56)35(49)15-18-51(36,8)52(33,9)28-37(53)58)69-47-41(61)39(59)40(60)42(70-47)45(63)55-20-12-22-66-24-26-67-25-23-65-21-11-19-54/h10,13,34-44,47,56,58-62H,11-12,14-30,54H2,1-9H3,(H,55,63)/b31-10+/t34-,35+,36+,37-,38-,39-,40-,41+,42-,43-,44-,47+,49-,50-,51+,52+,53-/m0/s1. The Balaban J connectivity index is 1.15. The Kier molecular flexibility index (Phi) is 18.8. The summed E-state index contributed by atoms with van der Waals surface area (Å²) in [5.41, 5.74) is 2.76. The minimum Gasteiger partial charge on any atom is -0.465 e. The summed E-state index contributed by atoms with van der Waals surface area (Å²) in [6, 6.07) is 0. The number of amides is 1. The highest BCUT2D eigenvalue weighted by molar-refractivity contribution is 5.87. The van der Waals surface area contributed by atoms with Crippen LogP contribution in [0.1, 0.15) is 120 Å². The zero-order valence-electron chi connectivity index (χ0n) is 43.9. The van der Waals surface area contributed by atoms with Crippen molar-refractivity contribution in [2.75, 3.05) is 65.9 Å². The summed E-state index contributed by atoms with van der Waals surface area (Å²) in [6.07, 6.45) is -3.08. The van der Waals surface area contributed by atoms with Gasteiger partial charge >= 0.3 is 11.9 Å². The van der Waals surface area contributed by atoms with E-state index in [-0.39, 0.29) is 48.8 Å². The molecule has 406 valence electrons. The van der Waals surface area contributed by atoms with Gasteiger partial charge in [-0.05, 0) is 112 Å². The molecule has 9 N–H and O–H groups in total. The normalized spacial score (nSPS) is 41.9. The second-order valence-corrected chi connectivity index (χ2v) is 23.2. The first-order valence-corrected chi connectivity index (χ1v) is 26.2. The predicted molar refractivity (Wildman–Crippen MR) is 260 cm³/mol. The van der Waals surface area contributed by atoms with Gasteiger partial charge in [-0.2, -0.15) is 0 Å². The highest BCUT2D eigenvalue weighted by Gasteiger charge is 2.73. The fourth-order valence-corrected chi connectivity index (χ4v) is 14.4. The fraction of sp³-hybridized carbons (Fsp3) is 0.868. The first-order valence-electron chi connectivity index (χ1n) is 26.2. The van der Waals surface area contributed by atoms with Crippen LogP contribution in [0.3, 0.4) is 0 Å². The minimum atomic E-state index is -1.75. The molecule has 0 bridgehead atoms. The van der Waals surface area contributed by atoms with Crippen LogP contribution in [-0.2, 0) is 47.5 Å². The average Bonchev–Trinajstić information content (AvgIpc) is 3.32. The van der Waals surface area contributed by atoms with Crippen LogP contribution in [0.25, 0.3) is 0 Å². The lowest BCUT2D eigenvalue weighted by atomic mass is 9.33. The summed E-state index contributed by atoms with van der Waals surface area (Å²) in [4.78, 5) is 39.1. The van der Waals surface area contributed by atoms with E-state index in [0.717, 1.165) is 18.4 Å². The van der Waals surface area contributed by atoms with Gasteiger partial charge in [-0.1, -0.05) is 59.3 Å². The average molecular weight is 1010 g/mol. The maximum atomic E-state index is 13.4. The van der Waals surface area contributed by atoms with Crippen molar-refractivity contribution in [1.29, 1.82) is 0 Å². The molecular formula is C53H88N2O16. The van der Waals surface area contributed by atoms with Crippen molar-refractivity contribution in [3.8, 4) is 0 Å². The van der Waals surface area contributed by atoms with Crippen LogP contribution in [0.15, 0.2) is 23.3 Å². The minimum absolute atomic E-state index is 0.0805. The van der Waals surface area contributed by atoms with Crippen molar-refractivity contribution in [3.63, 3.8) is 0 Å². The van der Waals surface area contributed by atoms with Crippen molar-refractivity contribution in [2.24, 2.45) is 56.0 Å². The Morgan fingerprint density at radius 2 is 1.49 bits per heavy atom. The molecule has 5 aliphatic carbocycles. The number of rotatable bonds is 21. The lowest BCUT2D eigenvalue weighted by Crippen LogP contribution is -2.72. The number of nitrogens with two attached hydrogens (primary N) is 1. The van der Waals surface area contributed by atoms with E-state index in [9.17, 15) is 45.0 Å². The Hall–Kier alpha value is -2.59. The van der Waals surface area contributed by atoms with E-state index in [2.05, 4.69) is 32.2 Å². The van der Waals surface area contributed by atoms with Crippen LogP contribution in [-0.4, -0.2) is 170 Å². The molecule has 6 rings (SSSR count). The van der Waals surface area contributed by atoms with Crippen molar-refractivity contribution >= 4 is 17.8 Å². The number of allylic oxidation sites excluding steroid dienone is 3. The number of aliphatic hydroxyl groups excluding tert-OH is 6. The zero-order chi connectivity index (χ0) is 52.3. The van der Waals surface area contributed by atoms with Crippen LogP contribution in [0.4, 0.5) is 0 Å². The zero-order valence-corrected chi connectivity index (χ0v) is 43.9. The molecule has 0 aromatic carbocycles. The number of hydrogen-bond acceptors (Lipinski definition) is 17. The summed E-state index contributed by atoms with van der Waals surface area (Å²) in [5, 5.41) is 72.5. The van der Waals surface area contributed by atoms with Gasteiger partial charge in [-0.3, -0.25) is 9.59 Å². The number of ether oxygens (including phenoxy) is 7. The van der Waals surface area contributed by atoms with E-state index < -0.39 is 101 Å². The van der Waals surface area contributed by atoms with E-state index in [1.807, 2.05) is 20.8 Å². The van der Waals surface area contributed by atoms with Crippen LogP contribution >= 0.6 is 0 Å². The first-order chi connectivity index (χ1) is 33.4. The van der Waals surface area contributed by atoms with Crippen LogP contribution in [0.2, 0.25) is 0 Å². The molecule has 0 radical (unpaired) electrons. The molecule has 0 aromatic rings. The third-order valence-electron chi connectivity index (χ3n) is 18.8. The van der Waals surface area contributed by atoms with Crippen LogP contribution in [0.5, 0.6) is 0 Å². The highest BCUT2D eigenvalue weighted by atomic mass is 16.7. The smallest absolute Gasteiger partial charge is 0.333 e. The van der Waals surface area contributed by atoms with Gasteiger partial charge in [0.15, 0.2) is 12.4 Å². The molecule has 18 nitrogen and oxygen atoms in total. The molecule has 5 fully saturated rings. The molecule has 0 unspecified atom stereocenters. The van der Waals surface area contributed by atoms with Gasteiger partial charge in [-0.15, -0.1) is 0 Å². The van der Waals surface area contributed by atoms with E-state index >= 15 is 0 Å². The summed E-state index contributed by atoms with van der Waals surface area (Å²) >= 11 is 0. The lowest BCUT2D eigenvalue weighted by Gasteiger charge is -2.72. The highest BCUT2D eigenvalue weighted by Crippen LogP contribution is 2.76. The molecule has 0 spiro atoms. The van der Waals surface area contributed by atoms with Crippen molar-refractivity contribution in [1.82, 2.24) is 5.32 Å². The van der Waals surface area contributed by atoms with Gasteiger partial charge < -0.3 is 74.8 Å². The maximum absolute atomic E-state index is 13.4. The summed E-state index contributed by atoms with van der Waals surface area (Å²) in [7, 11) is 0. The van der Waals surface area contributed by atoms with Crippen molar-refractivity contribution in [3.05, 3.63) is 23.3 Å². The van der Waals surface area contributed by atoms with Crippen LogP contribution in [0, 0.1) is 50.2 Å². The van der Waals surface area contributed by atoms with E-state index in [0.29, 0.717) is 90.3 Å². The molecular weight excluding hydrogens is 921 g/mol. The SMILES string of the molecule is C/C=C(\C)C(=O)O[C@H]1[C@H](O)[C@]2(COC(C)=O)[C@@H](O)C[C@]3(C)C(=CC[C@@H]4[C@@]5(C)CC[C@H](O[C@@H]6O[C@H](C(=O)NCCCOCCOCCOCCCN)[C@@H](O)[C@H](O)[C@H]6O)[C@@](C)(CO)[C@@H]5CC[C@]43C)[C@@H]2CC1(C)C. The number of hydrogen-bond donors (Lipinski definition) is 8. The van der Waals surface area contributed by atoms with Gasteiger partial charge in [0.2, 0.25) is 0 Å². The maximum Gasteiger partial charge on any atom is 0.333 e. The van der Waals surface area contributed by atoms with E-state index in [4.69, 9.17) is 38.9 Å². The molecule has 17 atom stereocenters. The summed E-state index contributed by atoms with van der Waals surface area (Å²) in [5.74, 6) is -2.18. The Labute approximate surface area is 420 Å². The van der Waals surface area contributed by atoms with E-state index in [1.54, 1.807) is 19.9 Å². The summed E-state index contributed by atoms with van der Waals surface area (Å²) < 4.78 is 40.8. The third-order valence-corrected chi connectivity index (χ3v) is 18.8. The van der Waals surface area contributed by atoms with Gasteiger partial charge in [0.1, 0.15) is 37.1 Å². The van der Waals surface area contributed by atoms with Gasteiger partial charge in [-0.25, -0.2) is 4.79 Å². The molecule has 71 heavy (non-hydrogen) atoms. The van der Waals surface area contributed by atoms with Crippen LogP contribution < -0.4 is 11.1 Å². The number of esters is 2. The quantitative estimate of drug-likeness (QED) is 0.0270. The number of nitrogens with one attached hydrogen (secondary N) is 1. The molecule has 4 saturated carbocycles. The number of carbonyl (C=O) groups is 3. The molecule has 1 heterocycles. The number of aliphatic hydroxyl groups is 6. The predicted octanol–water partition coefficient (Wildman–Crippen LogP) is 2.85. The Bertz CT molecular complexity index is 1920.